The van der Waals surface area contributed by atoms with Crippen LogP contribution in [0.4, 0.5) is 23.7 Å². The molecule has 0 radical (unpaired) electrons. The smallest absolute Gasteiger partial charge is 0.368 e. The van der Waals surface area contributed by atoms with Crippen LogP contribution in [0.15, 0.2) is 24.3 Å². The number of nitrogens with zero attached hydrogens (tertiary/aromatic N) is 2. The van der Waals surface area contributed by atoms with Crippen LogP contribution in [0.1, 0.15) is 25.8 Å². The van der Waals surface area contributed by atoms with E-state index in [0.29, 0.717) is 38.6 Å². The molecule has 134 valence electrons. The first kappa shape index (κ1) is 18.4. The second-order valence-electron chi connectivity index (χ2n) is 6.43. The van der Waals surface area contributed by atoms with Crippen LogP contribution >= 0.6 is 0 Å². The Hall–Kier alpha value is -1.92. The number of anilines is 1. The third-order valence-electron chi connectivity index (χ3n) is 4.12. The molecule has 1 aliphatic rings. The molecule has 1 N–H and O–H groups in total. The second kappa shape index (κ2) is 7.77. The maximum absolute atomic E-state index is 12.6. The highest BCUT2D eigenvalue weighted by Gasteiger charge is 2.30. The van der Waals surface area contributed by atoms with Gasteiger partial charge in [0.15, 0.2) is 0 Å². The summed E-state index contributed by atoms with van der Waals surface area (Å²) in [5.41, 5.74) is 0.109. The zero-order valence-corrected chi connectivity index (χ0v) is 14.1. The van der Waals surface area contributed by atoms with E-state index in [4.69, 9.17) is 0 Å². The molecule has 0 spiro atoms. The number of piperazine rings is 1. The van der Waals surface area contributed by atoms with Crippen LogP contribution in [-0.2, 0) is 6.18 Å². The molecule has 2 amide bonds. The van der Waals surface area contributed by atoms with Gasteiger partial charge in [-0.3, -0.25) is 0 Å². The number of halogens is 3. The summed E-state index contributed by atoms with van der Waals surface area (Å²) in [6.07, 6.45) is -3.37. The molecule has 7 heteroatoms. The van der Waals surface area contributed by atoms with Crippen molar-refractivity contribution in [2.24, 2.45) is 5.92 Å². The number of carbonyl (C=O) groups is 1. The van der Waals surface area contributed by atoms with Crippen molar-refractivity contribution in [3.05, 3.63) is 29.8 Å². The van der Waals surface area contributed by atoms with Gasteiger partial charge in [0.2, 0.25) is 0 Å². The van der Waals surface area contributed by atoms with Crippen molar-refractivity contribution in [3.8, 4) is 0 Å². The first-order valence-electron chi connectivity index (χ1n) is 8.22. The van der Waals surface area contributed by atoms with Gasteiger partial charge in [-0.05, 0) is 36.6 Å². The van der Waals surface area contributed by atoms with Crippen molar-refractivity contribution in [1.82, 2.24) is 10.2 Å². The van der Waals surface area contributed by atoms with Gasteiger partial charge in [0.25, 0.3) is 0 Å². The van der Waals surface area contributed by atoms with E-state index < -0.39 is 11.7 Å². The van der Waals surface area contributed by atoms with E-state index in [1.165, 1.54) is 12.1 Å². The van der Waals surface area contributed by atoms with Crippen molar-refractivity contribution >= 4 is 11.7 Å². The highest BCUT2D eigenvalue weighted by atomic mass is 19.4. The molecule has 1 aromatic rings. The summed E-state index contributed by atoms with van der Waals surface area (Å²) in [7, 11) is 0. The van der Waals surface area contributed by atoms with Crippen molar-refractivity contribution in [2.75, 3.05) is 37.6 Å². The lowest BCUT2D eigenvalue weighted by Gasteiger charge is -2.36. The van der Waals surface area contributed by atoms with Gasteiger partial charge in [0.1, 0.15) is 0 Å². The average molecular weight is 343 g/mol. The van der Waals surface area contributed by atoms with E-state index >= 15 is 0 Å². The van der Waals surface area contributed by atoms with Gasteiger partial charge in [-0.1, -0.05) is 13.8 Å². The zero-order valence-electron chi connectivity index (χ0n) is 14.1. The van der Waals surface area contributed by atoms with E-state index in [-0.39, 0.29) is 6.03 Å². The Morgan fingerprint density at radius 3 is 2.21 bits per heavy atom. The molecule has 0 aliphatic carbocycles. The highest BCUT2D eigenvalue weighted by molar-refractivity contribution is 5.74. The summed E-state index contributed by atoms with van der Waals surface area (Å²) in [6.45, 7) is 7.23. The van der Waals surface area contributed by atoms with Crippen LogP contribution < -0.4 is 10.2 Å². The van der Waals surface area contributed by atoms with Gasteiger partial charge in [-0.15, -0.1) is 0 Å². The summed E-state index contributed by atoms with van der Waals surface area (Å²) >= 11 is 0. The number of hydrogen-bond donors (Lipinski definition) is 1. The largest absolute Gasteiger partial charge is 0.416 e. The third kappa shape index (κ3) is 5.04. The minimum atomic E-state index is -4.31. The fourth-order valence-electron chi connectivity index (χ4n) is 2.61. The lowest BCUT2D eigenvalue weighted by atomic mass is 10.1. The molecule has 0 atom stereocenters. The van der Waals surface area contributed by atoms with Crippen LogP contribution in [0, 0.1) is 5.92 Å². The summed E-state index contributed by atoms with van der Waals surface area (Å²) in [5, 5.41) is 2.91. The van der Waals surface area contributed by atoms with Crippen molar-refractivity contribution < 1.29 is 18.0 Å². The van der Waals surface area contributed by atoms with Crippen LogP contribution in [0.25, 0.3) is 0 Å². The molecule has 2 rings (SSSR count). The van der Waals surface area contributed by atoms with Crippen molar-refractivity contribution in [3.63, 3.8) is 0 Å². The minimum Gasteiger partial charge on any atom is -0.368 e. The molecule has 1 saturated heterocycles. The number of urea groups is 1. The Kier molecular flexibility index (Phi) is 5.96. The van der Waals surface area contributed by atoms with Gasteiger partial charge >= 0.3 is 12.2 Å². The first-order chi connectivity index (χ1) is 11.3. The van der Waals surface area contributed by atoms with Gasteiger partial charge in [-0.2, -0.15) is 13.2 Å². The molecule has 1 heterocycles. The second-order valence-corrected chi connectivity index (χ2v) is 6.43. The molecule has 0 bridgehead atoms. The standard InChI is InChI=1S/C17H24F3N3O/c1-13(2)7-8-21-16(24)23-11-9-22(10-12-23)15-5-3-14(4-6-15)17(18,19)20/h3-6,13H,7-12H2,1-2H3,(H,21,24). The fraction of sp³-hybridized carbons (Fsp3) is 0.588. The van der Waals surface area contributed by atoms with Gasteiger partial charge in [-0.25, -0.2) is 4.79 Å². The summed E-state index contributed by atoms with van der Waals surface area (Å²) in [4.78, 5) is 15.8. The van der Waals surface area contributed by atoms with E-state index in [0.717, 1.165) is 24.2 Å². The predicted molar refractivity (Wildman–Crippen MR) is 88.1 cm³/mol. The molecular weight excluding hydrogens is 319 g/mol. The Bertz CT molecular complexity index is 535. The number of carbonyl (C=O) groups excluding carboxylic acids is 1. The molecule has 4 nitrogen and oxygen atoms in total. The van der Waals surface area contributed by atoms with E-state index in [1.54, 1.807) is 4.90 Å². The number of hydrogen-bond acceptors (Lipinski definition) is 2. The maximum Gasteiger partial charge on any atom is 0.416 e. The minimum absolute atomic E-state index is 0.0669. The van der Waals surface area contributed by atoms with Crippen LogP contribution in [0.5, 0.6) is 0 Å². The predicted octanol–water partition coefficient (Wildman–Crippen LogP) is 3.58. The number of nitrogens with one attached hydrogen (secondary N) is 1. The number of amides is 2. The lowest BCUT2D eigenvalue weighted by molar-refractivity contribution is -0.137. The van der Waals surface area contributed by atoms with E-state index in [9.17, 15) is 18.0 Å². The lowest BCUT2D eigenvalue weighted by Crippen LogP contribution is -2.52. The molecule has 1 aliphatic heterocycles. The molecule has 0 saturated carbocycles. The van der Waals surface area contributed by atoms with Crippen LogP contribution in [0.2, 0.25) is 0 Å². The summed E-state index contributed by atoms with van der Waals surface area (Å²) < 4.78 is 37.8. The third-order valence-corrected chi connectivity index (χ3v) is 4.12. The van der Waals surface area contributed by atoms with Gasteiger partial charge in [0.05, 0.1) is 5.56 Å². The van der Waals surface area contributed by atoms with Crippen LogP contribution in [-0.4, -0.2) is 43.7 Å². The SMILES string of the molecule is CC(C)CCNC(=O)N1CCN(c2ccc(C(F)(F)F)cc2)CC1. The van der Waals surface area contributed by atoms with E-state index in [2.05, 4.69) is 19.2 Å². The monoisotopic (exact) mass is 343 g/mol. The number of alkyl halides is 3. The topological polar surface area (TPSA) is 35.6 Å². The zero-order chi connectivity index (χ0) is 17.7. The van der Waals surface area contributed by atoms with Crippen molar-refractivity contribution in [1.29, 1.82) is 0 Å². The average Bonchev–Trinajstić information content (AvgIpc) is 2.54. The molecule has 0 aromatic heterocycles. The number of rotatable bonds is 4. The summed E-state index contributed by atoms with van der Waals surface area (Å²) in [5.74, 6) is 0.543. The molecule has 1 fully saturated rings. The van der Waals surface area contributed by atoms with Crippen LogP contribution in [0.3, 0.4) is 0 Å². The van der Waals surface area contributed by atoms with E-state index in [1.807, 2.05) is 4.90 Å². The quantitative estimate of drug-likeness (QED) is 0.907. The molecule has 0 unspecified atom stereocenters. The normalized spacial score (nSPS) is 15.8. The highest BCUT2D eigenvalue weighted by Crippen LogP contribution is 2.30. The Labute approximate surface area is 140 Å². The molecule has 1 aromatic carbocycles. The Morgan fingerprint density at radius 2 is 1.71 bits per heavy atom. The maximum atomic E-state index is 12.6. The van der Waals surface area contributed by atoms with Gasteiger partial charge in [0, 0.05) is 38.4 Å². The first-order valence-corrected chi connectivity index (χ1v) is 8.22. The Morgan fingerprint density at radius 1 is 1.12 bits per heavy atom. The summed E-state index contributed by atoms with van der Waals surface area (Å²) in [6, 6.07) is 5.10. The fourth-order valence-corrected chi connectivity index (χ4v) is 2.61. The number of benzene rings is 1. The molecular formula is C17H24F3N3O. The Balaban J connectivity index is 1.83. The molecule has 24 heavy (non-hydrogen) atoms. The van der Waals surface area contributed by atoms with Gasteiger partial charge < -0.3 is 15.1 Å². The van der Waals surface area contributed by atoms with Crippen molar-refractivity contribution in [2.45, 2.75) is 26.4 Å².